The lowest BCUT2D eigenvalue weighted by Gasteiger charge is -2.52. The van der Waals surface area contributed by atoms with Gasteiger partial charge in [0.1, 0.15) is 12.2 Å². The summed E-state index contributed by atoms with van der Waals surface area (Å²) in [5.41, 5.74) is -2.81. The van der Waals surface area contributed by atoms with E-state index < -0.39 is 35.5 Å². The third-order valence-electron chi connectivity index (χ3n) is 5.24. The maximum atomic E-state index is 15.4. The van der Waals surface area contributed by atoms with Gasteiger partial charge in [0.2, 0.25) is 0 Å². The summed E-state index contributed by atoms with van der Waals surface area (Å²) in [5.74, 6) is 0. The molecule has 154 valence electrons. The van der Waals surface area contributed by atoms with Crippen LogP contribution in [0.4, 0.5) is 14.0 Å². The van der Waals surface area contributed by atoms with Gasteiger partial charge in [-0.05, 0) is 26.3 Å². The molecule has 0 radical (unpaired) electrons. The molecule has 2 saturated heterocycles. The van der Waals surface area contributed by atoms with Gasteiger partial charge in [-0.3, -0.25) is 0 Å². The molecule has 0 saturated carbocycles. The standard InChI is InChI=1S/C20H27FN2O5/c1-18(2,3)28-17(26)22-10-19(11-22)12-23(13-20(19,21)14-24)16(25)27-9-15-7-5-4-6-8-15/h4-8,24H,9-14H2,1-3H3/t20-/m1/s1. The van der Waals surface area contributed by atoms with Gasteiger partial charge in [0.25, 0.3) is 0 Å². The highest BCUT2D eigenvalue weighted by atomic mass is 19.1. The first kappa shape index (κ1) is 20.4. The van der Waals surface area contributed by atoms with Gasteiger partial charge in [0.15, 0.2) is 5.67 Å². The number of rotatable bonds is 3. The first-order chi connectivity index (χ1) is 13.1. The van der Waals surface area contributed by atoms with Gasteiger partial charge in [-0.15, -0.1) is 0 Å². The number of hydrogen-bond acceptors (Lipinski definition) is 5. The molecule has 2 aliphatic rings. The molecule has 8 heteroatoms. The lowest BCUT2D eigenvalue weighted by molar-refractivity contribution is -0.105. The monoisotopic (exact) mass is 394 g/mol. The Morgan fingerprint density at radius 2 is 1.64 bits per heavy atom. The molecule has 2 heterocycles. The number of likely N-dealkylation sites (tertiary alicyclic amines) is 2. The molecule has 0 bridgehead atoms. The van der Waals surface area contributed by atoms with Crippen LogP contribution in [0.2, 0.25) is 0 Å². The van der Waals surface area contributed by atoms with Gasteiger partial charge in [0, 0.05) is 19.6 Å². The van der Waals surface area contributed by atoms with E-state index in [-0.39, 0.29) is 32.8 Å². The van der Waals surface area contributed by atoms with Crippen molar-refractivity contribution in [3.8, 4) is 0 Å². The van der Waals surface area contributed by atoms with E-state index in [1.165, 1.54) is 9.80 Å². The zero-order chi connectivity index (χ0) is 20.6. The number of aliphatic hydroxyl groups excluding tert-OH is 1. The SMILES string of the molecule is CC(C)(C)OC(=O)N1CC2(CN(C(=O)OCc3ccccc3)C[C@@]2(F)CO)C1. The summed E-state index contributed by atoms with van der Waals surface area (Å²) >= 11 is 0. The molecular weight excluding hydrogens is 367 g/mol. The average Bonchev–Trinajstić information content (AvgIpc) is 2.92. The van der Waals surface area contributed by atoms with Crippen LogP contribution in [0.25, 0.3) is 0 Å². The third kappa shape index (κ3) is 3.92. The van der Waals surface area contributed by atoms with E-state index in [0.717, 1.165) is 5.56 Å². The Labute approximate surface area is 164 Å². The summed E-state index contributed by atoms with van der Waals surface area (Å²) in [5, 5.41) is 9.66. The molecule has 1 aromatic carbocycles. The second kappa shape index (κ2) is 7.24. The number of hydrogen-bond donors (Lipinski definition) is 1. The molecule has 1 atom stereocenters. The van der Waals surface area contributed by atoms with Gasteiger partial charge >= 0.3 is 12.2 Å². The number of benzene rings is 1. The van der Waals surface area contributed by atoms with E-state index in [2.05, 4.69) is 0 Å². The Morgan fingerprint density at radius 3 is 2.18 bits per heavy atom. The van der Waals surface area contributed by atoms with Crippen LogP contribution in [0, 0.1) is 5.41 Å². The average molecular weight is 394 g/mol. The minimum atomic E-state index is -1.99. The van der Waals surface area contributed by atoms with Crippen molar-refractivity contribution < 1.29 is 28.6 Å². The second-order valence-electron chi connectivity index (χ2n) is 8.64. The Hall–Kier alpha value is -2.35. The lowest BCUT2D eigenvalue weighted by Crippen LogP contribution is -2.68. The fourth-order valence-electron chi connectivity index (χ4n) is 3.71. The van der Waals surface area contributed by atoms with E-state index in [1.807, 2.05) is 30.3 Å². The summed E-state index contributed by atoms with van der Waals surface area (Å²) < 4.78 is 26.0. The molecule has 28 heavy (non-hydrogen) atoms. The number of nitrogens with zero attached hydrogens (tertiary/aromatic N) is 2. The van der Waals surface area contributed by atoms with Crippen molar-refractivity contribution in [2.75, 3.05) is 32.8 Å². The molecule has 2 amide bonds. The van der Waals surface area contributed by atoms with E-state index in [9.17, 15) is 14.7 Å². The molecule has 0 aromatic heterocycles. The fraction of sp³-hybridized carbons (Fsp3) is 0.600. The number of amides is 2. The maximum Gasteiger partial charge on any atom is 0.410 e. The van der Waals surface area contributed by atoms with E-state index >= 15 is 4.39 Å². The van der Waals surface area contributed by atoms with Crippen molar-refractivity contribution >= 4 is 12.2 Å². The summed E-state index contributed by atoms with van der Waals surface area (Å²) in [6.07, 6.45) is -1.16. The van der Waals surface area contributed by atoms with Gasteiger partial charge in [-0.1, -0.05) is 30.3 Å². The number of carbonyl (C=O) groups excluding carboxylic acids is 2. The zero-order valence-electron chi connectivity index (χ0n) is 16.5. The quantitative estimate of drug-likeness (QED) is 0.853. The Bertz CT molecular complexity index is 730. The molecule has 7 nitrogen and oxygen atoms in total. The van der Waals surface area contributed by atoms with E-state index in [1.54, 1.807) is 20.8 Å². The van der Waals surface area contributed by atoms with Crippen molar-refractivity contribution in [1.29, 1.82) is 0 Å². The molecule has 1 spiro atoms. The van der Waals surface area contributed by atoms with Crippen molar-refractivity contribution in [2.45, 2.75) is 38.6 Å². The topological polar surface area (TPSA) is 79.3 Å². The summed E-state index contributed by atoms with van der Waals surface area (Å²) in [6, 6.07) is 9.20. The van der Waals surface area contributed by atoms with Crippen LogP contribution in [0.3, 0.4) is 0 Å². The predicted octanol–water partition coefficient (Wildman–Crippen LogP) is 2.58. The highest BCUT2D eigenvalue weighted by Gasteiger charge is 2.66. The predicted molar refractivity (Wildman–Crippen MR) is 99.4 cm³/mol. The number of aliphatic hydroxyl groups is 1. The summed E-state index contributed by atoms with van der Waals surface area (Å²) in [7, 11) is 0. The smallest absolute Gasteiger partial charge is 0.410 e. The van der Waals surface area contributed by atoms with E-state index in [0.29, 0.717) is 0 Å². The maximum absolute atomic E-state index is 15.4. The molecular formula is C20H27FN2O5. The van der Waals surface area contributed by atoms with E-state index in [4.69, 9.17) is 9.47 Å². The highest BCUT2D eigenvalue weighted by Crippen LogP contribution is 2.49. The third-order valence-corrected chi connectivity index (χ3v) is 5.24. The molecule has 0 unspecified atom stereocenters. The van der Waals surface area contributed by atoms with Crippen LogP contribution in [-0.2, 0) is 16.1 Å². The van der Waals surface area contributed by atoms with Crippen LogP contribution in [0.1, 0.15) is 26.3 Å². The van der Waals surface area contributed by atoms with Gasteiger partial charge in [-0.2, -0.15) is 0 Å². The van der Waals surface area contributed by atoms with Crippen LogP contribution in [0.15, 0.2) is 30.3 Å². The Kier molecular flexibility index (Phi) is 5.27. The summed E-state index contributed by atoms with van der Waals surface area (Å²) in [6.45, 7) is 4.62. The zero-order valence-corrected chi connectivity index (χ0v) is 16.5. The van der Waals surface area contributed by atoms with Crippen LogP contribution < -0.4 is 0 Å². The first-order valence-corrected chi connectivity index (χ1v) is 9.31. The molecule has 2 fully saturated rings. The number of carbonyl (C=O) groups is 2. The fourth-order valence-corrected chi connectivity index (χ4v) is 3.71. The molecule has 1 N–H and O–H groups in total. The van der Waals surface area contributed by atoms with Crippen LogP contribution in [0.5, 0.6) is 0 Å². The number of alkyl halides is 1. The van der Waals surface area contributed by atoms with Gasteiger partial charge in [-0.25, -0.2) is 14.0 Å². The summed E-state index contributed by atoms with van der Waals surface area (Å²) in [4.78, 5) is 27.2. The number of ether oxygens (including phenoxy) is 2. The Morgan fingerprint density at radius 1 is 1.07 bits per heavy atom. The molecule has 2 aliphatic heterocycles. The molecule has 0 aliphatic carbocycles. The van der Waals surface area contributed by atoms with Crippen LogP contribution >= 0.6 is 0 Å². The van der Waals surface area contributed by atoms with Crippen molar-refractivity contribution in [3.05, 3.63) is 35.9 Å². The normalized spacial score (nSPS) is 23.5. The highest BCUT2D eigenvalue weighted by molar-refractivity contribution is 5.71. The van der Waals surface area contributed by atoms with Gasteiger partial charge in [0.05, 0.1) is 18.6 Å². The van der Waals surface area contributed by atoms with Crippen molar-refractivity contribution in [2.24, 2.45) is 5.41 Å². The minimum Gasteiger partial charge on any atom is -0.445 e. The Balaban J connectivity index is 1.61. The minimum absolute atomic E-state index is 0.0803. The number of halogens is 1. The van der Waals surface area contributed by atoms with Gasteiger partial charge < -0.3 is 24.4 Å². The molecule has 3 rings (SSSR count). The lowest BCUT2D eigenvalue weighted by atomic mass is 9.70. The second-order valence-corrected chi connectivity index (χ2v) is 8.64. The largest absolute Gasteiger partial charge is 0.445 e. The van der Waals surface area contributed by atoms with Crippen LogP contribution in [-0.4, -0.2) is 71.1 Å². The van der Waals surface area contributed by atoms with Crippen molar-refractivity contribution in [3.63, 3.8) is 0 Å². The molecule has 1 aromatic rings. The van der Waals surface area contributed by atoms with Crippen molar-refractivity contribution in [1.82, 2.24) is 9.80 Å². The first-order valence-electron chi connectivity index (χ1n) is 9.31.